The summed E-state index contributed by atoms with van der Waals surface area (Å²) in [5.74, 6) is -0.994. The Labute approximate surface area is 148 Å². The van der Waals surface area contributed by atoms with E-state index in [-0.39, 0.29) is 0 Å². The lowest BCUT2D eigenvalue weighted by Gasteiger charge is -2.05. The molecule has 0 unspecified atom stereocenters. The molecule has 0 aliphatic heterocycles. The Morgan fingerprint density at radius 2 is 1.70 bits per heavy atom. The highest BCUT2D eigenvalue weighted by molar-refractivity contribution is 6.42. The molecule has 0 aromatic heterocycles. The highest BCUT2D eigenvalue weighted by atomic mass is 35.5. The quantitative estimate of drug-likeness (QED) is 0.631. The molecule has 0 bridgehead atoms. The molecule has 2 aromatic carbocycles. The van der Waals surface area contributed by atoms with Crippen molar-refractivity contribution in [3.63, 3.8) is 0 Å². The molecular weight excluding hydrogens is 359 g/mol. The van der Waals surface area contributed by atoms with Gasteiger partial charge in [-0.05, 0) is 35.9 Å². The van der Waals surface area contributed by atoms with Gasteiger partial charge in [0.1, 0.15) is 0 Å². The zero-order chi connectivity index (χ0) is 16.8. The Balaban J connectivity index is 1.93. The topological polar surface area (TPSA) is 58.2 Å². The molecule has 4 nitrogen and oxygen atoms in total. The van der Waals surface area contributed by atoms with Crippen molar-refractivity contribution in [1.82, 2.24) is 10.9 Å². The molecule has 0 heterocycles. The summed E-state index contributed by atoms with van der Waals surface area (Å²) in [6.45, 7) is 0. The Bertz CT molecular complexity index is 776. The van der Waals surface area contributed by atoms with E-state index in [4.69, 9.17) is 34.8 Å². The summed E-state index contributed by atoms with van der Waals surface area (Å²) in [5.41, 5.74) is 5.47. The fourth-order valence-corrected chi connectivity index (χ4v) is 2.24. The predicted molar refractivity (Wildman–Crippen MR) is 92.6 cm³/mol. The summed E-state index contributed by atoms with van der Waals surface area (Å²) in [7, 11) is 0. The lowest BCUT2D eigenvalue weighted by molar-refractivity contribution is -0.117. The number of amides is 2. The van der Waals surface area contributed by atoms with Crippen LogP contribution in [0.3, 0.4) is 0 Å². The normalized spacial score (nSPS) is 10.6. The van der Waals surface area contributed by atoms with Crippen molar-refractivity contribution in [3.05, 3.63) is 74.7 Å². The van der Waals surface area contributed by atoms with Crippen molar-refractivity contribution >= 4 is 52.7 Å². The van der Waals surface area contributed by atoms with Crippen molar-refractivity contribution in [2.45, 2.75) is 0 Å². The molecule has 2 N–H and O–H groups in total. The zero-order valence-electron chi connectivity index (χ0n) is 11.6. The van der Waals surface area contributed by atoms with Gasteiger partial charge in [0.2, 0.25) is 0 Å². The average Bonchev–Trinajstić information content (AvgIpc) is 2.54. The maximum Gasteiger partial charge on any atom is 0.269 e. The third-order valence-corrected chi connectivity index (χ3v) is 3.85. The second-order valence-corrected chi connectivity index (χ2v) is 5.65. The summed E-state index contributed by atoms with van der Waals surface area (Å²) >= 11 is 17.7. The molecule has 118 valence electrons. The van der Waals surface area contributed by atoms with Gasteiger partial charge in [0.25, 0.3) is 11.8 Å². The second kappa shape index (κ2) is 8.02. The first kappa shape index (κ1) is 17.3. The van der Waals surface area contributed by atoms with Crippen molar-refractivity contribution in [2.24, 2.45) is 0 Å². The van der Waals surface area contributed by atoms with Crippen LogP contribution in [0.25, 0.3) is 6.08 Å². The van der Waals surface area contributed by atoms with Crippen LogP contribution in [-0.2, 0) is 4.79 Å². The predicted octanol–water partition coefficient (Wildman–Crippen LogP) is 4.12. The maximum absolute atomic E-state index is 11.8. The van der Waals surface area contributed by atoms with Crippen molar-refractivity contribution in [1.29, 1.82) is 0 Å². The number of hydrogen-bond acceptors (Lipinski definition) is 2. The van der Waals surface area contributed by atoms with Crippen molar-refractivity contribution < 1.29 is 9.59 Å². The van der Waals surface area contributed by atoms with E-state index >= 15 is 0 Å². The fourth-order valence-electron chi connectivity index (χ4n) is 1.68. The van der Waals surface area contributed by atoms with Crippen LogP contribution in [0.1, 0.15) is 15.9 Å². The first-order chi connectivity index (χ1) is 11.0. The molecule has 0 aliphatic carbocycles. The van der Waals surface area contributed by atoms with E-state index in [1.54, 1.807) is 36.4 Å². The minimum atomic E-state index is -0.517. The van der Waals surface area contributed by atoms with Crippen molar-refractivity contribution in [3.8, 4) is 0 Å². The number of halogens is 3. The second-order valence-electron chi connectivity index (χ2n) is 4.43. The SMILES string of the molecule is O=C(/C=C/c1cccc(Cl)c1Cl)NNC(=O)c1cccc(Cl)c1. The first-order valence-electron chi connectivity index (χ1n) is 6.45. The number of benzene rings is 2. The van der Waals surface area contributed by atoms with Crippen LogP contribution in [0.15, 0.2) is 48.5 Å². The highest BCUT2D eigenvalue weighted by Gasteiger charge is 2.06. The van der Waals surface area contributed by atoms with E-state index in [9.17, 15) is 9.59 Å². The summed E-state index contributed by atoms with van der Waals surface area (Å²) < 4.78 is 0. The third-order valence-electron chi connectivity index (χ3n) is 2.78. The first-order valence-corrected chi connectivity index (χ1v) is 7.59. The van der Waals surface area contributed by atoms with E-state index in [0.717, 1.165) is 0 Å². The Morgan fingerprint density at radius 1 is 0.957 bits per heavy atom. The van der Waals surface area contributed by atoms with Crippen LogP contribution in [0.4, 0.5) is 0 Å². The minimum absolute atomic E-state index is 0.333. The Kier molecular flexibility index (Phi) is 6.04. The summed E-state index contributed by atoms with van der Waals surface area (Å²) in [4.78, 5) is 23.5. The van der Waals surface area contributed by atoms with Gasteiger partial charge in [0, 0.05) is 16.7 Å². The smallest absolute Gasteiger partial charge is 0.268 e. The maximum atomic E-state index is 11.8. The van der Waals surface area contributed by atoms with E-state index in [0.29, 0.717) is 26.2 Å². The van der Waals surface area contributed by atoms with E-state index in [1.165, 1.54) is 18.2 Å². The van der Waals surface area contributed by atoms with Gasteiger partial charge in [-0.15, -0.1) is 0 Å². The van der Waals surface area contributed by atoms with E-state index in [1.807, 2.05) is 0 Å². The Hall–Kier alpha value is -2.01. The lowest BCUT2D eigenvalue weighted by Crippen LogP contribution is -2.40. The van der Waals surface area contributed by atoms with Gasteiger partial charge in [0.05, 0.1) is 10.0 Å². The molecule has 2 amide bonds. The summed E-state index contributed by atoms with van der Waals surface area (Å²) in [6, 6.07) is 11.4. The summed E-state index contributed by atoms with van der Waals surface area (Å²) in [5, 5.41) is 1.17. The molecule has 0 aliphatic rings. The lowest BCUT2D eigenvalue weighted by atomic mass is 10.2. The molecule has 2 rings (SSSR count). The standard InChI is InChI=1S/C16H11Cl3N2O2/c17-12-5-1-4-11(9-12)16(23)21-20-14(22)8-7-10-3-2-6-13(18)15(10)19/h1-9H,(H,20,22)(H,21,23)/b8-7+. The van der Waals surface area contributed by atoms with E-state index in [2.05, 4.69) is 10.9 Å². The van der Waals surface area contributed by atoms with Crippen LogP contribution < -0.4 is 10.9 Å². The van der Waals surface area contributed by atoms with Crippen LogP contribution in [0, 0.1) is 0 Å². The number of nitrogens with one attached hydrogen (secondary N) is 2. The zero-order valence-corrected chi connectivity index (χ0v) is 13.9. The van der Waals surface area contributed by atoms with Crippen LogP contribution >= 0.6 is 34.8 Å². The number of rotatable bonds is 3. The molecule has 0 fully saturated rings. The fraction of sp³-hybridized carbons (Fsp3) is 0. The van der Waals surface area contributed by atoms with Gasteiger partial charge in [0.15, 0.2) is 0 Å². The molecule has 0 saturated carbocycles. The number of hydrazine groups is 1. The largest absolute Gasteiger partial charge is 0.269 e. The Morgan fingerprint density at radius 3 is 2.43 bits per heavy atom. The molecule has 23 heavy (non-hydrogen) atoms. The van der Waals surface area contributed by atoms with E-state index < -0.39 is 11.8 Å². The van der Waals surface area contributed by atoms with Crippen LogP contribution in [0.2, 0.25) is 15.1 Å². The van der Waals surface area contributed by atoms with Crippen LogP contribution in [0.5, 0.6) is 0 Å². The number of carbonyl (C=O) groups excluding carboxylic acids is 2. The minimum Gasteiger partial charge on any atom is -0.268 e. The van der Waals surface area contributed by atoms with Gasteiger partial charge in [-0.25, -0.2) is 0 Å². The molecule has 0 atom stereocenters. The highest BCUT2D eigenvalue weighted by Crippen LogP contribution is 2.26. The van der Waals surface area contributed by atoms with Gasteiger partial charge in [-0.1, -0.05) is 53.0 Å². The molecule has 7 heteroatoms. The number of carbonyl (C=O) groups is 2. The molecule has 0 saturated heterocycles. The average molecular weight is 370 g/mol. The monoisotopic (exact) mass is 368 g/mol. The van der Waals surface area contributed by atoms with Gasteiger partial charge < -0.3 is 0 Å². The number of hydrogen-bond donors (Lipinski definition) is 2. The van der Waals surface area contributed by atoms with Crippen LogP contribution in [-0.4, -0.2) is 11.8 Å². The van der Waals surface area contributed by atoms with Gasteiger partial charge in [-0.3, -0.25) is 20.4 Å². The summed E-state index contributed by atoms with van der Waals surface area (Å²) in [6.07, 6.45) is 2.73. The van der Waals surface area contributed by atoms with Gasteiger partial charge in [-0.2, -0.15) is 0 Å². The molecular formula is C16H11Cl3N2O2. The third kappa shape index (κ3) is 4.99. The van der Waals surface area contributed by atoms with Gasteiger partial charge >= 0.3 is 0 Å². The van der Waals surface area contributed by atoms with Crippen molar-refractivity contribution in [2.75, 3.05) is 0 Å². The molecule has 0 radical (unpaired) electrons. The molecule has 2 aromatic rings. The molecule has 0 spiro atoms.